The molecule has 0 saturated heterocycles. The molecule has 1 N–H and O–H groups in total. The predicted molar refractivity (Wildman–Crippen MR) is 42.4 cm³/mol. The van der Waals surface area contributed by atoms with E-state index in [0.29, 0.717) is 0 Å². The van der Waals surface area contributed by atoms with Crippen molar-refractivity contribution in [3.05, 3.63) is 41.2 Å². The molecule has 0 saturated carbocycles. The highest BCUT2D eigenvalue weighted by Crippen LogP contribution is 2.15. The Kier molecular flexibility index (Phi) is 3.08. The van der Waals surface area contributed by atoms with Gasteiger partial charge in [0.15, 0.2) is 17.5 Å². The van der Waals surface area contributed by atoms with Crippen LogP contribution >= 0.6 is 0 Å². The third-order valence-corrected chi connectivity index (χ3v) is 1.47. The minimum Gasteiger partial charge on any atom is -0.392 e. The van der Waals surface area contributed by atoms with Crippen molar-refractivity contribution in [2.45, 2.75) is 0 Å². The van der Waals surface area contributed by atoms with Crippen molar-refractivity contribution in [2.75, 3.05) is 6.61 Å². The number of benzene rings is 1. The number of halogens is 3. The van der Waals surface area contributed by atoms with E-state index in [1.807, 2.05) is 0 Å². The topological polar surface area (TPSA) is 20.2 Å². The molecule has 1 nitrogen and oxygen atoms in total. The normalized spacial score (nSPS) is 11.1. The summed E-state index contributed by atoms with van der Waals surface area (Å²) in [5, 5.41) is 8.37. The predicted octanol–water partition coefficient (Wildman–Crippen LogP) is 2.11. The number of rotatable bonds is 2. The molecule has 1 rings (SSSR count). The zero-order chi connectivity index (χ0) is 9.84. The van der Waals surface area contributed by atoms with Crippen LogP contribution in [0.15, 0.2) is 18.2 Å². The summed E-state index contributed by atoms with van der Waals surface area (Å²) in [6.45, 7) is -0.279. The average Bonchev–Trinajstić information content (AvgIpc) is 2.13. The van der Waals surface area contributed by atoms with E-state index in [2.05, 4.69) is 0 Å². The first kappa shape index (κ1) is 9.80. The lowest BCUT2D eigenvalue weighted by atomic mass is 10.2. The van der Waals surface area contributed by atoms with Gasteiger partial charge in [-0.15, -0.1) is 0 Å². The minimum atomic E-state index is -1.50. The molecule has 0 unspecified atom stereocenters. The Hall–Kier alpha value is -1.29. The molecular weight excluding hydrogens is 181 g/mol. The summed E-state index contributed by atoms with van der Waals surface area (Å²) in [5.41, 5.74) is -0.0899. The highest BCUT2D eigenvalue weighted by molar-refractivity contribution is 5.50. The fourth-order valence-electron chi connectivity index (χ4n) is 0.849. The van der Waals surface area contributed by atoms with Crippen molar-refractivity contribution in [2.24, 2.45) is 0 Å². The highest BCUT2D eigenvalue weighted by atomic mass is 19.2. The second kappa shape index (κ2) is 4.09. The maximum Gasteiger partial charge on any atom is 0.195 e. The maximum atomic E-state index is 12.8. The summed E-state index contributed by atoms with van der Waals surface area (Å²) in [4.78, 5) is 0. The highest BCUT2D eigenvalue weighted by Gasteiger charge is 2.10. The molecule has 0 heterocycles. The molecule has 1 aromatic carbocycles. The van der Waals surface area contributed by atoms with Crippen LogP contribution in [-0.2, 0) is 0 Å². The van der Waals surface area contributed by atoms with Gasteiger partial charge in [0, 0.05) is 5.56 Å². The maximum absolute atomic E-state index is 12.8. The lowest BCUT2D eigenvalue weighted by Gasteiger charge is -1.98. The summed E-state index contributed by atoms with van der Waals surface area (Å²) in [6.07, 6.45) is 2.41. The molecule has 0 atom stereocenters. The van der Waals surface area contributed by atoms with Crippen molar-refractivity contribution in [1.29, 1.82) is 0 Å². The lowest BCUT2D eigenvalue weighted by Crippen LogP contribution is -1.93. The van der Waals surface area contributed by atoms with Gasteiger partial charge in [-0.25, -0.2) is 13.2 Å². The summed E-state index contributed by atoms with van der Waals surface area (Å²) < 4.78 is 37.8. The number of hydrogen-bond acceptors (Lipinski definition) is 1. The van der Waals surface area contributed by atoms with E-state index in [1.165, 1.54) is 12.2 Å². The molecular formula is C9H7F3O. The molecule has 0 radical (unpaired) electrons. The molecule has 0 aromatic heterocycles. The van der Waals surface area contributed by atoms with E-state index in [0.717, 1.165) is 12.1 Å². The molecule has 4 heteroatoms. The van der Waals surface area contributed by atoms with Crippen LogP contribution in [0.3, 0.4) is 0 Å². The summed E-state index contributed by atoms with van der Waals surface area (Å²) in [5.74, 6) is -3.97. The SMILES string of the molecule is OCC=Cc1ccc(F)c(F)c1F. The number of aliphatic hydroxyl groups is 1. The van der Waals surface area contributed by atoms with Crippen LogP contribution < -0.4 is 0 Å². The van der Waals surface area contributed by atoms with Gasteiger partial charge in [-0.2, -0.15) is 0 Å². The van der Waals surface area contributed by atoms with Crippen molar-refractivity contribution in [1.82, 2.24) is 0 Å². The Labute approximate surface area is 73.1 Å². The monoisotopic (exact) mass is 188 g/mol. The zero-order valence-electron chi connectivity index (χ0n) is 6.60. The van der Waals surface area contributed by atoms with E-state index >= 15 is 0 Å². The summed E-state index contributed by atoms with van der Waals surface area (Å²) in [6, 6.07) is 1.93. The van der Waals surface area contributed by atoms with Crippen LogP contribution in [0.1, 0.15) is 5.56 Å². The fourth-order valence-corrected chi connectivity index (χ4v) is 0.849. The molecule has 70 valence electrons. The second-order valence-electron chi connectivity index (χ2n) is 2.35. The molecule has 0 aliphatic rings. The molecule has 0 aliphatic heterocycles. The van der Waals surface area contributed by atoms with Crippen LogP contribution in [0.4, 0.5) is 13.2 Å². The van der Waals surface area contributed by atoms with Crippen LogP contribution in [0.5, 0.6) is 0 Å². The molecule has 13 heavy (non-hydrogen) atoms. The number of hydrogen-bond donors (Lipinski definition) is 1. The Morgan fingerprint density at radius 1 is 1.15 bits per heavy atom. The van der Waals surface area contributed by atoms with Crippen LogP contribution in [-0.4, -0.2) is 11.7 Å². The third-order valence-electron chi connectivity index (χ3n) is 1.47. The quantitative estimate of drug-likeness (QED) is 0.704. The smallest absolute Gasteiger partial charge is 0.195 e. The molecule has 0 bridgehead atoms. The standard InChI is InChI=1S/C9H7F3O/c10-7-4-3-6(2-1-5-13)8(11)9(7)12/h1-4,13H,5H2. The fraction of sp³-hybridized carbons (Fsp3) is 0.111. The summed E-state index contributed by atoms with van der Waals surface area (Å²) >= 11 is 0. The van der Waals surface area contributed by atoms with Crippen molar-refractivity contribution in [3.63, 3.8) is 0 Å². The molecule has 0 spiro atoms. The van der Waals surface area contributed by atoms with Crippen LogP contribution in [0.2, 0.25) is 0 Å². The Morgan fingerprint density at radius 3 is 2.46 bits per heavy atom. The van der Waals surface area contributed by atoms with Crippen molar-refractivity contribution in [3.8, 4) is 0 Å². The largest absolute Gasteiger partial charge is 0.392 e. The van der Waals surface area contributed by atoms with Gasteiger partial charge in [0.2, 0.25) is 0 Å². The molecule has 0 fully saturated rings. The summed E-state index contributed by atoms with van der Waals surface area (Å²) in [7, 11) is 0. The van der Waals surface area contributed by atoms with Crippen LogP contribution in [0, 0.1) is 17.5 Å². The van der Waals surface area contributed by atoms with Gasteiger partial charge in [0.1, 0.15) is 0 Å². The minimum absolute atomic E-state index is 0.0899. The first-order valence-corrected chi connectivity index (χ1v) is 3.57. The second-order valence-corrected chi connectivity index (χ2v) is 2.35. The molecule has 1 aromatic rings. The van der Waals surface area contributed by atoms with E-state index in [1.54, 1.807) is 0 Å². The lowest BCUT2D eigenvalue weighted by molar-refractivity contribution is 0.343. The van der Waals surface area contributed by atoms with E-state index < -0.39 is 17.5 Å². The van der Waals surface area contributed by atoms with Gasteiger partial charge in [0.05, 0.1) is 6.61 Å². The van der Waals surface area contributed by atoms with E-state index in [-0.39, 0.29) is 12.2 Å². The Bertz CT molecular complexity index is 334. The average molecular weight is 188 g/mol. The molecule has 0 amide bonds. The first-order chi connectivity index (χ1) is 6.16. The van der Waals surface area contributed by atoms with Crippen LogP contribution in [0.25, 0.3) is 6.08 Å². The van der Waals surface area contributed by atoms with Gasteiger partial charge in [-0.3, -0.25) is 0 Å². The van der Waals surface area contributed by atoms with Gasteiger partial charge < -0.3 is 5.11 Å². The number of aliphatic hydroxyl groups excluding tert-OH is 1. The Morgan fingerprint density at radius 2 is 1.85 bits per heavy atom. The van der Waals surface area contributed by atoms with Gasteiger partial charge in [-0.05, 0) is 12.1 Å². The van der Waals surface area contributed by atoms with Gasteiger partial charge in [0.25, 0.3) is 0 Å². The van der Waals surface area contributed by atoms with Crippen molar-refractivity contribution < 1.29 is 18.3 Å². The van der Waals surface area contributed by atoms with E-state index in [4.69, 9.17) is 5.11 Å². The molecule has 0 aliphatic carbocycles. The first-order valence-electron chi connectivity index (χ1n) is 3.57. The van der Waals surface area contributed by atoms with Crippen molar-refractivity contribution >= 4 is 6.08 Å². The van der Waals surface area contributed by atoms with Gasteiger partial charge in [-0.1, -0.05) is 12.2 Å². The van der Waals surface area contributed by atoms with Gasteiger partial charge >= 0.3 is 0 Å². The third kappa shape index (κ3) is 2.09. The van der Waals surface area contributed by atoms with E-state index in [9.17, 15) is 13.2 Å². The Balaban J connectivity index is 3.11. The zero-order valence-corrected chi connectivity index (χ0v) is 6.60.